The molecule has 0 fully saturated rings. The van der Waals surface area contributed by atoms with Gasteiger partial charge in [0.2, 0.25) is 0 Å². The van der Waals surface area contributed by atoms with Crippen molar-refractivity contribution in [1.29, 1.82) is 0 Å². The van der Waals surface area contributed by atoms with Crippen LogP contribution in [0.25, 0.3) is 0 Å². The molecule has 0 amide bonds. The molecule has 0 aliphatic carbocycles. The number of nitrogens with zero attached hydrogens (tertiary/aromatic N) is 2. The minimum Gasteiger partial charge on any atom is -0.346 e. The third-order valence-corrected chi connectivity index (χ3v) is 5.59. The molecule has 6 heteroatoms. The molecule has 2 heterocycles. The van der Waals surface area contributed by atoms with Crippen molar-refractivity contribution in [1.82, 2.24) is 10.3 Å². The predicted molar refractivity (Wildman–Crippen MR) is 94.9 cm³/mol. The average Bonchev–Trinajstić information content (AvgIpc) is 3.05. The zero-order valence-corrected chi connectivity index (χ0v) is 15.2. The lowest BCUT2D eigenvalue weighted by Crippen LogP contribution is -2.15. The minimum atomic E-state index is 0.844. The summed E-state index contributed by atoms with van der Waals surface area (Å²) in [6.45, 7) is 7.19. The van der Waals surface area contributed by atoms with Crippen LogP contribution < -0.4 is 10.2 Å². The van der Waals surface area contributed by atoms with Gasteiger partial charge >= 0.3 is 0 Å². The lowest BCUT2D eigenvalue weighted by atomic mass is 10.3. The van der Waals surface area contributed by atoms with Gasteiger partial charge in [-0.15, -0.1) is 22.7 Å². The number of aromatic nitrogens is 1. The number of thiazole rings is 1. The van der Waals surface area contributed by atoms with E-state index in [-0.39, 0.29) is 0 Å². The summed E-state index contributed by atoms with van der Waals surface area (Å²) >= 11 is 9.42. The van der Waals surface area contributed by atoms with Gasteiger partial charge < -0.3 is 10.2 Å². The van der Waals surface area contributed by atoms with E-state index < -0.39 is 0 Å². The van der Waals surface area contributed by atoms with Crippen molar-refractivity contribution >= 4 is 39.4 Å². The van der Waals surface area contributed by atoms with E-state index >= 15 is 0 Å². The number of rotatable bonds is 8. The Balaban J connectivity index is 2.04. The van der Waals surface area contributed by atoms with Crippen LogP contribution in [0.3, 0.4) is 0 Å². The number of aryl methyl sites for hydroxylation is 1. The number of thiophene rings is 1. The quantitative estimate of drug-likeness (QED) is 0.712. The summed E-state index contributed by atoms with van der Waals surface area (Å²) in [6, 6.07) is 4.04. The fraction of sp³-hybridized carbons (Fsp3) is 0.533. The molecular weight excluding hydrogens is 322 g/mol. The molecule has 1 N–H and O–H groups in total. The summed E-state index contributed by atoms with van der Waals surface area (Å²) in [5.41, 5.74) is 1.22. The van der Waals surface area contributed by atoms with Crippen LogP contribution in [0.5, 0.6) is 0 Å². The van der Waals surface area contributed by atoms with Crippen LogP contribution in [0.15, 0.2) is 12.1 Å². The Labute approximate surface area is 140 Å². The van der Waals surface area contributed by atoms with Crippen LogP contribution in [-0.4, -0.2) is 18.6 Å². The van der Waals surface area contributed by atoms with E-state index in [0.29, 0.717) is 0 Å². The van der Waals surface area contributed by atoms with Crippen LogP contribution in [0, 0.1) is 0 Å². The van der Waals surface area contributed by atoms with Gasteiger partial charge in [-0.3, -0.25) is 0 Å². The Morgan fingerprint density at radius 1 is 1.29 bits per heavy atom. The van der Waals surface area contributed by atoms with Crippen LogP contribution in [-0.2, 0) is 19.5 Å². The maximum Gasteiger partial charge on any atom is 0.185 e. The fourth-order valence-electron chi connectivity index (χ4n) is 2.06. The van der Waals surface area contributed by atoms with Gasteiger partial charge in [0.25, 0.3) is 0 Å². The minimum absolute atomic E-state index is 0.844. The molecule has 0 radical (unpaired) electrons. The average molecular weight is 344 g/mol. The summed E-state index contributed by atoms with van der Waals surface area (Å²) in [6.07, 6.45) is 2.14. The highest BCUT2D eigenvalue weighted by Gasteiger charge is 2.13. The highest BCUT2D eigenvalue weighted by atomic mass is 35.5. The SMILES string of the molecule is CCCNCc1sc(N(C)Cc2ccc(Cl)s2)nc1CC. The van der Waals surface area contributed by atoms with Crippen molar-refractivity contribution in [2.75, 3.05) is 18.5 Å². The van der Waals surface area contributed by atoms with Gasteiger partial charge in [-0.25, -0.2) is 4.98 Å². The molecule has 0 unspecified atom stereocenters. The Hall–Kier alpha value is -0.620. The second kappa shape index (κ2) is 8.13. The van der Waals surface area contributed by atoms with Crippen LogP contribution in [0.2, 0.25) is 4.34 Å². The van der Waals surface area contributed by atoms with Crippen LogP contribution in [0.4, 0.5) is 5.13 Å². The molecule has 2 rings (SSSR count). The van der Waals surface area contributed by atoms with Gasteiger partial charge in [0.05, 0.1) is 16.6 Å². The van der Waals surface area contributed by atoms with Crippen LogP contribution in [0.1, 0.15) is 35.7 Å². The highest BCUT2D eigenvalue weighted by Crippen LogP contribution is 2.29. The maximum atomic E-state index is 5.99. The molecular formula is C15H22ClN3S2. The highest BCUT2D eigenvalue weighted by molar-refractivity contribution is 7.16. The van der Waals surface area contributed by atoms with Gasteiger partial charge in [-0.05, 0) is 31.5 Å². The van der Waals surface area contributed by atoms with Crippen LogP contribution >= 0.6 is 34.3 Å². The van der Waals surface area contributed by atoms with Gasteiger partial charge in [0.1, 0.15) is 0 Å². The van der Waals surface area contributed by atoms with E-state index in [1.807, 2.05) is 6.07 Å². The lowest BCUT2D eigenvalue weighted by molar-refractivity contribution is 0.676. The van der Waals surface area contributed by atoms with E-state index in [9.17, 15) is 0 Å². The number of anilines is 1. The first kappa shape index (κ1) is 16.7. The smallest absolute Gasteiger partial charge is 0.185 e. The molecule has 0 bridgehead atoms. The van der Waals surface area contributed by atoms with E-state index in [1.165, 1.54) is 15.4 Å². The summed E-state index contributed by atoms with van der Waals surface area (Å²) in [5, 5.41) is 4.56. The van der Waals surface area contributed by atoms with Gasteiger partial charge in [0, 0.05) is 23.3 Å². The number of halogens is 1. The van der Waals surface area contributed by atoms with Crippen molar-refractivity contribution in [2.45, 2.75) is 39.8 Å². The first-order valence-corrected chi connectivity index (χ1v) is 9.29. The fourth-order valence-corrected chi connectivity index (χ4v) is 4.28. The Kier molecular flexibility index (Phi) is 6.48. The van der Waals surface area contributed by atoms with Gasteiger partial charge in [0.15, 0.2) is 5.13 Å². The molecule has 2 aromatic heterocycles. The number of nitrogens with one attached hydrogen (secondary N) is 1. The lowest BCUT2D eigenvalue weighted by Gasteiger charge is -2.14. The number of hydrogen-bond donors (Lipinski definition) is 1. The summed E-state index contributed by atoms with van der Waals surface area (Å²) in [4.78, 5) is 9.61. The molecule has 0 aliphatic heterocycles. The topological polar surface area (TPSA) is 28.2 Å². The molecule has 0 aromatic carbocycles. The predicted octanol–water partition coefficient (Wildman–Crippen LogP) is 4.56. The molecule has 2 aromatic rings. The second-order valence-corrected chi connectivity index (χ2v) is 7.82. The Bertz CT molecular complexity index is 565. The Morgan fingerprint density at radius 2 is 2.10 bits per heavy atom. The third-order valence-electron chi connectivity index (χ3n) is 3.16. The molecule has 116 valence electrons. The molecule has 0 spiro atoms. The first-order valence-electron chi connectivity index (χ1n) is 7.28. The first-order chi connectivity index (χ1) is 10.1. The van der Waals surface area contributed by atoms with E-state index in [1.54, 1.807) is 22.7 Å². The largest absolute Gasteiger partial charge is 0.346 e. The van der Waals surface area contributed by atoms with Crippen molar-refractivity contribution in [3.8, 4) is 0 Å². The van der Waals surface area contributed by atoms with Crippen molar-refractivity contribution < 1.29 is 0 Å². The zero-order valence-electron chi connectivity index (χ0n) is 12.8. The monoisotopic (exact) mass is 343 g/mol. The summed E-state index contributed by atoms with van der Waals surface area (Å²) in [5.74, 6) is 0. The maximum absolute atomic E-state index is 5.99. The summed E-state index contributed by atoms with van der Waals surface area (Å²) < 4.78 is 0.844. The van der Waals surface area contributed by atoms with E-state index in [2.05, 4.69) is 37.2 Å². The van der Waals surface area contributed by atoms with E-state index in [4.69, 9.17) is 16.6 Å². The molecule has 0 saturated heterocycles. The molecule has 0 saturated carbocycles. The molecule has 0 aliphatic rings. The standard InChI is InChI=1S/C15H22ClN3S2/c1-4-8-17-9-13-12(5-2)18-15(21-13)19(3)10-11-6-7-14(16)20-11/h6-7,17H,4-5,8-10H2,1-3H3. The zero-order chi connectivity index (χ0) is 15.2. The van der Waals surface area contributed by atoms with E-state index in [0.717, 1.165) is 41.9 Å². The third kappa shape index (κ3) is 4.68. The normalized spacial score (nSPS) is 11.0. The molecule has 3 nitrogen and oxygen atoms in total. The van der Waals surface area contributed by atoms with Crippen molar-refractivity contribution in [2.24, 2.45) is 0 Å². The Morgan fingerprint density at radius 3 is 2.71 bits per heavy atom. The second-order valence-electron chi connectivity index (χ2n) is 4.96. The summed E-state index contributed by atoms with van der Waals surface area (Å²) in [7, 11) is 2.09. The van der Waals surface area contributed by atoms with Crippen molar-refractivity contribution in [3.05, 3.63) is 31.9 Å². The molecule has 21 heavy (non-hydrogen) atoms. The van der Waals surface area contributed by atoms with Gasteiger partial charge in [-0.2, -0.15) is 0 Å². The molecule has 0 atom stereocenters. The number of hydrogen-bond acceptors (Lipinski definition) is 5. The van der Waals surface area contributed by atoms with Crippen molar-refractivity contribution in [3.63, 3.8) is 0 Å². The van der Waals surface area contributed by atoms with Gasteiger partial charge in [-0.1, -0.05) is 25.4 Å².